The minimum atomic E-state index is -0.592. The van der Waals surface area contributed by atoms with Gasteiger partial charge in [-0.25, -0.2) is 4.98 Å². The third-order valence-corrected chi connectivity index (χ3v) is 5.24. The Morgan fingerprint density at radius 3 is 2.85 bits per heavy atom. The van der Waals surface area contributed by atoms with E-state index in [9.17, 15) is 9.90 Å². The Hall–Kier alpha value is -2.66. The molecule has 2 heterocycles. The lowest BCUT2D eigenvalue weighted by Gasteiger charge is -2.36. The van der Waals surface area contributed by atoms with E-state index in [-0.39, 0.29) is 11.8 Å². The van der Waals surface area contributed by atoms with Crippen LogP contribution in [0.1, 0.15) is 41.1 Å². The molecule has 0 spiro atoms. The molecule has 2 aromatic carbocycles. The minimum absolute atomic E-state index is 0.0339. The van der Waals surface area contributed by atoms with Gasteiger partial charge in [-0.05, 0) is 22.8 Å². The number of likely N-dealkylation sites (tertiary alicyclic amines) is 1. The van der Waals surface area contributed by atoms with E-state index >= 15 is 0 Å². The summed E-state index contributed by atoms with van der Waals surface area (Å²) in [6.45, 7) is 2.84. The van der Waals surface area contributed by atoms with Crippen molar-refractivity contribution >= 4 is 16.7 Å². The maximum atomic E-state index is 12.7. The third kappa shape index (κ3) is 2.99. The SMILES string of the molecule is CCc1ocnc1C(=O)N1CC[C@@H](c2ccc3ccccc3c2)[C@H](O)C1. The summed E-state index contributed by atoms with van der Waals surface area (Å²) in [7, 11) is 0. The predicted molar refractivity (Wildman–Crippen MR) is 99.1 cm³/mol. The molecule has 1 aromatic heterocycles. The molecule has 4 rings (SSSR count). The third-order valence-electron chi connectivity index (χ3n) is 5.24. The molecule has 0 radical (unpaired) electrons. The highest BCUT2D eigenvalue weighted by atomic mass is 16.3. The molecule has 0 bridgehead atoms. The lowest BCUT2D eigenvalue weighted by molar-refractivity contribution is 0.0377. The van der Waals surface area contributed by atoms with Crippen LogP contribution in [0.2, 0.25) is 0 Å². The average Bonchev–Trinajstić information content (AvgIpc) is 3.15. The van der Waals surface area contributed by atoms with Crippen LogP contribution in [0, 0.1) is 0 Å². The van der Waals surface area contributed by atoms with Gasteiger partial charge in [0.2, 0.25) is 0 Å². The van der Waals surface area contributed by atoms with Crippen molar-refractivity contribution in [2.45, 2.75) is 31.8 Å². The first kappa shape index (κ1) is 16.8. The van der Waals surface area contributed by atoms with Crippen molar-refractivity contribution in [1.29, 1.82) is 0 Å². The number of fused-ring (bicyclic) bond motifs is 1. The first-order valence-electron chi connectivity index (χ1n) is 9.05. The number of aliphatic hydroxyl groups excluding tert-OH is 1. The summed E-state index contributed by atoms with van der Waals surface area (Å²) in [5.41, 5.74) is 1.49. The van der Waals surface area contributed by atoms with Crippen LogP contribution < -0.4 is 0 Å². The summed E-state index contributed by atoms with van der Waals surface area (Å²) in [6, 6.07) is 14.5. The van der Waals surface area contributed by atoms with E-state index in [1.165, 1.54) is 17.2 Å². The molecule has 134 valence electrons. The van der Waals surface area contributed by atoms with Crippen molar-refractivity contribution in [3.63, 3.8) is 0 Å². The van der Waals surface area contributed by atoms with Crippen LogP contribution in [-0.4, -0.2) is 40.1 Å². The number of hydrogen-bond donors (Lipinski definition) is 1. The van der Waals surface area contributed by atoms with E-state index < -0.39 is 6.10 Å². The number of β-amino-alcohol motifs (C(OH)–C–C–N with tert-alkyl or cyclic N) is 1. The van der Waals surface area contributed by atoms with Crippen LogP contribution in [0.15, 0.2) is 53.3 Å². The standard InChI is InChI=1S/C21H22N2O3/c1-2-19-20(22-13-26-19)21(25)23-10-9-17(18(24)12-23)16-8-7-14-5-3-4-6-15(14)11-16/h3-8,11,13,17-18,24H,2,9-10,12H2,1H3/t17-,18+/m0/s1. The highest BCUT2D eigenvalue weighted by Crippen LogP contribution is 2.31. The molecule has 1 saturated heterocycles. The number of piperidine rings is 1. The molecule has 1 N–H and O–H groups in total. The number of nitrogens with zero attached hydrogens (tertiary/aromatic N) is 2. The number of rotatable bonds is 3. The number of aliphatic hydroxyl groups is 1. The summed E-state index contributed by atoms with van der Waals surface area (Å²) in [4.78, 5) is 18.4. The maximum absolute atomic E-state index is 12.7. The number of aryl methyl sites for hydroxylation is 1. The average molecular weight is 350 g/mol. The van der Waals surface area contributed by atoms with Crippen molar-refractivity contribution in [2.24, 2.45) is 0 Å². The largest absolute Gasteiger partial charge is 0.448 e. The zero-order valence-corrected chi connectivity index (χ0v) is 14.8. The number of amides is 1. The van der Waals surface area contributed by atoms with Crippen LogP contribution in [0.5, 0.6) is 0 Å². The van der Waals surface area contributed by atoms with E-state index in [1.807, 2.05) is 19.1 Å². The number of oxazole rings is 1. The Bertz CT molecular complexity index is 934. The van der Waals surface area contributed by atoms with E-state index in [4.69, 9.17) is 4.42 Å². The summed E-state index contributed by atoms with van der Waals surface area (Å²) in [6.07, 6.45) is 2.07. The fourth-order valence-corrected chi connectivity index (χ4v) is 3.79. The fourth-order valence-electron chi connectivity index (χ4n) is 3.79. The summed E-state index contributed by atoms with van der Waals surface area (Å²) in [5.74, 6) is 0.472. The van der Waals surface area contributed by atoms with Gasteiger partial charge in [0.1, 0.15) is 5.76 Å². The van der Waals surface area contributed by atoms with Gasteiger partial charge in [0.15, 0.2) is 12.1 Å². The van der Waals surface area contributed by atoms with Gasteiger partial charge in [0.05, 0.1) is 6.10 Å². The fraction of sp³-hybridized carbons (Fsp3) is 0.333. The van der Waals surface area contributed by atoms with Crippen LogP contribution in [0.25, 0.3) is 10.8 Å². The van der Waals surface area contributed by atoms with Crippen LogP contribution in [0.4, 0.5) is 0 Å². The van der Waals surface area contributed by atoms with Crippen molar-refractivity contribution in [3.8, 4) is 0 Å². The van der Waals surface area contributed by atoms with E-state index in [0.717, 1.165) is 12.0 Å². The Balaban J connectivity index is 1.51. The highest BCUT2D eigenvalue weighted by Gasteiger charge is 2.33. The summed E-state index contributed by atoms with van der Waals surface area (Å²) in [5, 5.41) is 13.1. The molecule has 5 nitrogen and oxygen atoms in total. The molecule has 0 saturated carbocycles. The molecule has 26 heavy (non-hydrogen) atoms. The normalized spacial score (nSPS) is 20.5. The summed E-state index contributed by atoms with van der Waals surface area (Å²) >= 11 is 0. The molecule has 2 atom stereocenters. The number of hydrogen-bond acceptors (Lipinski definition) is 4. The predicted octanol–water partition coefficient (Wildman–Crippen LogP) is 3.38. The van der Waals surface area contributed by atoms with Crippen molar-refractivity contribution < 1.29 is 14.3 Å². The van der Waals surface area contributed by atoms with E-state index in [0.29, 0.717) is 31.0 Å². The lowest BCUT2D eigenvalue weighted by Crippen LogP contribution is -2.46. The molecular formula is C21H22N2O3. The number of aromatic nitrogens is 1. The molecule has 1 amide bonds. The minimum Gasteiger partial charge on any atom is -0.448 e. The second kappa shape index (κ2) is 6.92. The zero-order valence-electron chi connectivity index (χ0n) is 14.8. The van der Waals surface area contributed by atoms with Gasteiger partial charge in [-0.1, -0.05) is 49.4 Å². The first-order chi connectivity index (χ1) is 12.7. The van der Waals surface area contributed by atoms with E-state index in [2.05, 4.69) is 35.3 Å². The Kier molecular flexibility index (Phi) is 4.47. The smallest absolute Gasteiger partial charge is 0.276 e. The lowest BCUT2D eigenvalue weighted by atomic mass is 9.86. The first-order valence-corrected chi connectivity index (χ1v) is 9.05. The van der Waals surface area contributed by atoms with Crippen LogP contribution in [-0.2, 0) is 6.42 Å². The summed E-state index contributed by atoms with van der Waals surface area (Å²) < 4.78 is 5.26. The maximum Gasteiger partial charge on any atom is 0.276 e. The Labute approximate surface area is 152 Å². The second-order valence-electron chi connectivity index (χ2n) is 6.80. The van der Waals surface area contributed by atoms with Gasteiger partial charge in [-0.15, -0.1) is 0 Å². The van der Waals surface area contributed by atoms with E-state index in [1.54, 1.807) is 4.90 Å². The molecule has 1 fully saturated rings. The molecule has 0 unspecified atom stereocenters. The van der Waals surface area contributed by atoms with Crippen molar-refractivity contribution in [3.05, 3.63) is 65.9 Å². The number of carbonyl (C=O) groups is 1. The van der Waals surface area contributed by atoms with Gasteiger partial charge < -0.3 is 14.4 Å². The van der Waals surface area contributed by atoms with Gasteiger partial charge in [0, 0.05) is 25.4 Å². The van der Waals surface area contributed by atoms with Crippen LogP contribution >= 0.6 is 0 Å². The highest BCUT2D eigenvalue weighted by molar-refractivity contribution is 5.93. The van der Waals surface area contributed by atoms with Gasteiger partial charge in [0.25, 0.3) is 5.91 Å². The molecule has 1 aliphatic rings. The molecular weight excluding hydrogens is 328 g/mol. The molecule has 0 aliphatic carbocycles. The second-order valence-corrected chi connectivity index (χ2v) is 6.80. The molecule has 1 aliphatic heterocycles. The van der Waals surface area contributed by atoms with Crippen molar-refractivity contribution in [1.82, 2.24) is 9.88 Å². The van der Waals surface area contributed by atoms with Crippen LogP contribution in [0.3, 0.4) is 0 Å². The molecule has 3 aromatic rings. The Morgan fingerprint density at radius 1 is 1.27 bits per heavy atom. The monoisotopic (exact) mass is 350 g/mol. The van der Waals surface area contributed by atoms with Crippen molar-refractivity contribution in [2.75, 3.05) is 13.1 Å². The number of carbonyl (C=O) groups excluding carboxylic acids is 1. The van der Waals surface area contributed by atoms with Gasteiger partial charge >= 0.3 is 0 Å². The molecule has 5 heteroatoms. The van der Waals surface area contributed by atoms with Gasteiger partial charge in [-0.2, -0.15) is 0 Å². The quantitative estimate of drug-likeness (QED) is 0.786. The number of benzene rings is 2. The topological polar surface area (TPSA) is 66.6 Å². The zero-order chi connectivity index (χ0) is 18.1. The van der Waals surface area contributed by atoms with Gasteiger partial charge in [-0.3, -0.25) is 4.79 Å². The Morgan fingerprint density at radius 2 is 2.08 bits per heavy atom.